The van der Waals surface area contributed by atoms with Crippen LogP contribution in [0.1, 0.15) is 35.8 Å². The standard InChI is InChI=1S/C22H22FN5OS/c1-2-28-21(29)19-16-8-4-6-10-18(16)30-20(19)26-22(28)25-15-11-24-27(13-15)12-14-7-3-5-9-17(14)23/h3,5,7,9,11,13H,2,4,6,8,10,12H2,1H3,(H,25,26). The molecular formula is C22H22FN5OS. The monoisotopic (exact) mass is 423 g/mol. The number of benzene rings is 1. The first kappa shape index (κ1) is 19.0. The highest BCUT2D eigenvalue weighted by molar-refractivity contribution is 7.18. The first-order valence-corrected chi connectivity index (χ1v) is 11.0. The molecule has 0 atom stereocenters. The predicted molar refractivity (Wildman–Crippen MR) is 117 cm³/mol. The second kappa shape index (κ2) is 7.68. The Morgan fingerprint density at radius 2 is 2.07 bits per heavy atom. The van der Waals surface area contributed by atoms with Crippen LogP contribution in [-0.4, -0.2) is 19.3 Å². The van der Waals surface area contributed by atoms with Crippen LogP contribution in [0.2, 0.25) is 0 Å². The van der Waals surface area contributed by atoms with Crippen molar-refractivity contribution in [1.29, 1.82) is 0 Å². The van der Waals surface area contributed by atoms with Gasteiger partial charge in [-0.3, -0.25) is 14.0 Å². The van der Waals surface area contributed by atoms with Gasteiger partial charge in [0.15, 0.2) is 0 Å². The lowest BCUT2D eigenvalue weighted by atomic mass is 9.97. The number of aromatic nitrogens is 4. The van der Waals surface area contributed by atoms with Gasteiger partial charge in [-0.25, -0.2) is 9.37 Å². The highest BCUT2D eigenvalue weighted by Crippen LogP contribution is 2.34. The summed E-state index contributed by atoms with van der Waals surface area (Å²) < 4.78 is 17.3. The van der Waals surface area contributed by atoms with Gasteiger partial charge in [0.05, 0.1) is 23.8 Å². The summed E-state index contributed by atoms with van der Waals surface area (Å²) in [4.78, 5) is 20.1. The molecule has 0 unspecified atom stereocenters. The number of hydrogen-bond donors (Lipinski definition) is 1. The maximum atomic E-state index is 13.9. The topological polar surface area (TPSA) is 64.7 Å². The van der Waals surface area contributed by atoms with Gasteiger partial charge < -0.3 is 5.32 Å². The van der Waals surface area contributed by atoms with Gasteiger partial charge in [0.25, 0.3) is 5.56 Å². The summed E-state index contributed by atoms with van der Waals surface area (Å²) in [6.07, 6.45) is 7.76. The van der Waals surface area contributed by atoms with Crippen LogP contribution in [0.3, 0.4) is 0 Å². The van der Waals surface area contributed by atoms with E-state index in [1.165, 1.54) is 22.9 Å². The van der Waals surface area contributed by atoms with Gasteiger partial charge in [0, 0.05) is 23.2 Å². The molecule has 1 aromatic carbocycles. The number of aryl methyl sites for hydroxylation is 2. The Labute approximate surface area is 177 Å². The second-order valence-corrected chi connectivity index (χ2v) is 8.60. The number of nitrogens with zero attached hydrogens (tertiary/aromatic N) is 4. The number of rotatable bonds is 5. The Morgan fingerprint density at radius 3 is 2.90 bits per heavy atom. The zero-order valence-electron chi connectivity index (χ0n) is 16.7. The SMILES string of the molecule is CCn1c(Nc2cnn(Cc3ccccc3F)c2)nc2sc3c(c2c1=O)CCCC3. The van der Waals surface area contributed by atoms with E-state index in [0.29, 0.717) is 30.3 Å². The fourth-order valence-corrected chi connectivity index (χ4v) is 5.32. The zero-order chi connectivity index (χ0) is 20.7. The molecule has 154 valence electrons. The minimum absolute atomic E-state index is 0.0168. The highest BCUT2D eigenvalue weighted by atomic mass is 32.1. The van der Waals surface area contributed by atoms with Crippen molar-refractivity contribution in [3.8, 4) is 0 Å². The van der Waals surface area contributed by atoms with Crippen molar-refractivity contribution in [2.45, 2.75) is 45.7 Å². The number of nitrogens with one attached hydrogen (secondary N) is 1. The van der Waals surface area contributed by atoms with Gasteiger partial charge >= 0.3 is 0 Å². The number of halogens is 1. The Kier molecular flexibility index (Phi) is 4.86. The third-order valence-corrected chi connectivity index (χ3v) is 6.76. The molecule has 0 radical (unpaired) electrons. The van der Waals surface area contributed by atoms with E-state index in [1.807, 2.05) is 6.92 Å². The smallest absolute Gasteiger partial charge is 0.263 e. The predicted octanol–water partition coefficient (Wildman–Crippen LogP) is 4.48. The van der Waals surface area contributed by atoms with E-state index in [4.69, 9.17) is 4.98 Å². The molecule has 1 aliphatic rings. The summed E-state index contributed by atoms with van der Waals surface area (Å²) in [5.41, 5.74) is 2.50. The van der Waals surface area contributed by atoms with Gasteiger partial charge in [-0.15, -0.1) is 11.3 Å². The molecule has 4 aromatic rings. The van der Waals surface area contributed by atoms with E-state index in [-0.39, 0.29) is 11.4 Å². The van der Waals surface area contributed by atoms with Crippen molar-refractivity contribution < 1.29 is 4.39 Å². The lowest BCUT2D eigenvalue weighted by Gasteiger charge is -2.12. The molecule has 6 nitrogen and oxygen atoms in total. The summed E-state index contributed by atoms with van der Waals surface area (Å²) >= 11 is 1.64. The molecule has 5 rings (SSSR count). The van der Waals surface area contributed by atoms with Crippen molar-refractivity contribution in [1.82, 2.24) is 19.3 Å². The normalized spacial score (nSPS) is 13.5. The van der Waals surface area contributed by atoms with E-state index < -0.39 is 0 Å². The molecule has 3 heterocycles. The van der Waals surface area contributed by atoms with Crippen LogP contribution in [0.15, 0.2) is 41.5 Å². The van der Waals surface area contributed by atoms with Crippen molar-refractivity contribution in [3.63, 3.8) is 0 Å². The van der Waals surface area contributed by atoms with E-state index in [0.717, 1.165) is 29.5 Å². The first-order valence-electron chi connectivity index (χ1n) is 10.2. The van der Waals surface area contributed by atoms with Gasteiger partial charge in [0.1, 0.15) is 10.6 Å². The van der Waals surface area contributed by atoms with Crippen molar-refractivity contribution in [2.24, 2.45) is 0 Å². The summed E-state index contributed by atoms with van der Waals surface area (Å²) in [6.45, 7) is 2.80. The van der Waals surface area contributed by atoms with Crippen LogP contribution in [0.5, 0.6) is 0 Å². The van der Waals surface area contributed by atoms with Crippen molar-refractivity contribution in [3.05, 3.63) is 68.8 Å². The van der Waals surface area contributed by atoms with Gasteiger partial charge in [0.2, 0.25) is 5.95 Å². The van der Waals surface area contributed by atoms with Crippen LogP contribution in [-0.2, 0) is 25.9 Å². The molecule has 3 aromatic heterocycles. The molecule has 30 heavy (non-hydrogen) atoms. The summed E-state index contributed by atoms with van der Waals surface area (Å²) in [7, 11) is 0. The van der Waals surface area contributed by atoms with Gasteiger partial charge in [-0.1, -0.05) is 18.2 Å². The molecule has 1 N–H and O–H groups in total. The number of fused-ring (bicyclic) bond motifs is 3. The van der Waals surface area contributed by atoms with Crippen LogP contribution >= 0.6 is 11.3 Å². The molecule has 0 amide bonds. The van der Waals surface area contributed by atoms with Gasteiger partial charge in [-0.05, 0) is 44.2 Å². The van der Waals surface area contributed by atoms with Gasteiger partial charge in [-0.2, -0.15) is 5.10 Å². The molecule has 8 heteroatoms. The summed E-state index contributed by atoms with van der Waals surface area (Å²) in [5.74, 6) is 0.259. The Hall–Kier alpha value is -3.00. The summed E-state index contributed by atoms with van der Waals surface area (Å²) in [5, 5.41) is 8.35. The average molecular weight is 424 g/mol. The zero-order valence-corrected chi connectivity index (χ0v) is 17.5. The first-order chi connectivity index (χ1) is 14.6. The lowest BCUT2D eigenvalue weighted by molar-refractivity contribution is 0.585. The number of thiophene rings is 1. The fraction of sp³-hybridized carbons (Fsp3) is 0.318. The second-order valence-electron chi connectivity index (χ2n) is 7.52. The molecule has 0 bridgehead atoms. The van der Waals surface area contributed by atoms with E-state index in [9.17, 15) is 9.18 Å². The molecule has 0 fully saturated rings. The molecule has 0 spiro atoms. The number of hydrogen-bond acceptors (Lipinski definition) is 5. The van der Waals surface area contributed by atoms with Crippen LogP contribution in [0.25, 0.3) is 10.2 Å². The maximum absolute atomic E-state index is 13.9. The molecule has 0 saturated heterocycles. The number of anilines is 2. The summed E-state index contributed by atoms with van der Waals surface area (Å²) in [6, 6.07) is 6.66. The molecule has 0 saturated carbocycles. The van der Waals surface area contributed by atoms with Crippen LogP contribution < -0.4 is 10.9 Å². The average Bonchev–Trinajstić information content (AvgIpc) is 3.34. The molecule has 0 aliphatic heterocycles. The van der Waals surface area contributed by atoms with E-state index >= 15 is 0 Å². The highest BCUT2D eigenvalue weighted by Gasteiger charge is 2.22. The fourth-order valence-electron chi connectivity index (χ4n) is 4.07. The van der Waals surface area contributed by atoms with E-state index in [2.05, 4.69) is 10.4 Å². The van der Waals surface area contributed by atoms with Crippen molar-refractivity contribution in [2.75, 3.05) is 5.32 Å². The molecular weight excluding hydrogens is 401 g/mol. The Morgan fingerprint density at radius 1 is 1.23 bits per heavy atom. The quantitative estimate of drug-likeness (QED) is 0.514. The Balaban J connectivity index is 1.48. The maximum Gasteiger partial charge on any atom is 0.263 e. The lowest BCUT2D eigenvalue weighted by Crippen LogP contribution is -2.23. The molecule has 1 aliphatic carbocycles. The third-order valence-electron chi connectivity index (χ3n) is 5.57. The minimum Gasteiger partial charge on any atom is -0.323 e. The Bertz CT molecular complexity index is 1290. The van der Waals surface area contributed by atoms with Crippen LogP contribution in [0, 0.1) is 5.82 Å². The van der Waals surface area contributed by atoms with Crippen molar-refractivity contribution >= 4 is 33.2 Å². The third kappa shape index (κ3) is 3.31. The largest absolute Gasteiger partial charge is 0.323 e. The van der Waals surface area contributed by atoms with Crippen LogP contribution in [0.4, 0.5) is 16.0 Å². The minimum atomic E-state index is -0.254. The van der Waals surface area contributed by atoms with E-state index in [1.54, 1.807) is 51.2 Å².